The maximum absolute atomic E-state index is 5.45. The van der Waals surface area contributed by atoms with E-state index >= 15 is 0 Å². The monoisotopic (exact) mass is 273 g/mol. The van der Waals surface area contributed by atoms with Crippen LogP contribution >= 0.6 is 0 Å². The summed E-state index contributed by atoms with van der Waals surface area (Å²) in [6, 6.07) is 8.64. The summed E-state index contributed by atoms with van der Waals surface area (Å²) in [5.41, 5.74) is 2.43. The zero-order valence-corrected chi connectivity index (χ0v) is 12.5. The minimum Gasteiger partial charge on any atom is -0.496 e. The Balaban J connectivity index is 2.19. The molecule has 1 N–H and O–H groups in total. The maximum Gasteiger partial charge on any atom is 0.123 e. The summed E-state index contributed by atoms with van der Waals surface area (Å²) in [6.45, 7) is 6.12. The summed E-state index contributed by atoms with van der Waals surface area (Å²) in [6.07, 6.45) is 4.90. The lowest BCUT2D eigenvalue weighted by atomic mass is 10.0. The minimum atomic E-state index is 0.345. The van der Waals surface area contributed by atoms with Crippen molar-refractivity contribution in [2.24, 2.45) is 0 Å². The smallest absolute Gasteiger partial charge is 0.123 e. The molecule has 0 saturated carbocycles. The van der Waals surface area contributed by atoms with Crippen molar-refractivity contribution in [3.8, 4) is 5.75 Å². The number of nitrogens with one attached hydrogen (secondary N) is 1. The summed E-state index contributed by atoms with van der Waals surface area (Å²) >= 11 is 0. The molecule has 0 amide bonds. The SMILES string of the molecule is CCCNC(C)c1ccc(OC)c(Cn2cccn2)c1. The van der Waals surface area contributed by atoms with Crippen LogP contribution < -0.4 is 10.1 Å². The van der Waals surface area contributed by atoms with Gasteiger partial charge in [0.25, 0.3) is 0 Å². The van der Waals surface area contributed by atoms with Gasteiger partial charge in [0, 0.05) is 24.0 Å². The van der Waals surface area contributed by atoms with E-state index in [0.29, 0.717) is 6.04 Å². The Morgan fingerprint density at radius 1 is 1.40 bits per heavy atom. The van der Waals surface area contributed by atoms with Crippen molar-refractivity contribution >= 4 is 0 Å². The van der Waals surface area contributed by atoms with Crippen molar-refractivity contribution in [2.75, 3.05) is 13.7 Å². The van der Waals surface area contributed by atoms with Crippen molar-refractivity contribution in [3.63, 3.8) is 0 Å². The zero-order valence-electron chi connectivity index (χ0n) is 12.5. The lowest BCUT2D eigenvalue weighted by Crippen LogP contribution is -2.19. The number of rotatable bonds is 7. The molecule has 1 aromatic heterocycles. The number of methoxy groups -OCH3 is 1. The van der Waals surface area contributed by atoms with Crippen LogP contribution in [0.15, 0.2) is 36.7 Å². The molecule has 4 nitrogen and oxygen atoms in total. The molecule has 108 valence electrons. The van der Waals surface area contributed by atoms with Gasteiger partial charge in [0.2, 0.25) is 0 Å². The maximum atomic E-state index is 5.45. The Morgan fingerprint density at radius 2 is 2.25 bits per heavy atom. The first-order valence-electron chi connectivity index (χ1n) is 7.12. The van der Waals surface area contributed by atoms with Crippen molar-refractivity contribution in [3.05, 3.63) is 47.8 Å². The second kappa shape index (κ2) is 7.10. The molecule has 0 aliphatic rings. The van der Waals surface area contributed by atoms with E-state index in [4.69, 9.17) is 4.74 Å². The normalized spacial score (nSPS) is 12.3. The lowest BCUT2D eigenvalue weighted by Gasteiger charge is -2.16. The molecule has 0 aliphatic heterocycles. The number of hydrogen-bond acceptors (Lipinski definition) is 3. The molecule has 0 radical (unpaired) electrons. The van der Waals surface area contributed by atoms with Crippen molar-refractivity contribution in [2.45, 2.75) is 32.9 Å². The average molecular weight is 273 g/mol. The Bertz CT molecular complexity index is 523. The summed E-state index contributed by atoms with van der Waals surface area (Å²) in [7, 11) is 1.71. The van der Waals surface area contributed by atoms with E-state index in [-0.39, 0.29) is 0 Å². The van der Waals surface area contributed by atoms with Crippen molar-refractivity contribution in [1.82, 2.24) is 15.1 Å². The van der Waals surface area contributed by atoms with Crippen LogP contribution in [0.5, 0.6) is 5.75 Å². The molecule has 1 heterocycles. The van der Waals surface area contributed by atoms with E-state index in [0.717, 1.165) is 30.8 Å². The van der Waals surface area contributed by atoms with Crippen LogP contribution in [0, 0.1) is 0 Å². The van der Waals surface area contributed by atoms with Crippen molar-refractivity contribution < 1.29 is 4.74 Å². The summed E-state index contributed by atoms with van der Waals surface area (Å²) in [4.78, 5) is 0. The zero-order chi connectivity index (χ0) is 14.4. The molecule has 0 bridgehead atoms. The van der Waals surface area contributed by atoms with Crippen LogP contribution in [0.3, 0.4) is 0 Å². The largest absolute Gasteiger partial charge is 0.496 e. The number of hydrogen-bond donors (Lipinski definition) is 1. The second-order valence-electron chi connectivity index (χ2n) is 4.95. The van der Waals surface area contributed by atoms with Crippen LogP contribution in [0.25, 0.3) is 0 Å². The number of aromatic nitrogens is 2. The minimum absolute atomic E-state index is 0.345. The van der Waals surface area contributed by atoms with Gasteiger partial charge < -0.3 is 10.1 Å². The molecule has 0 saturated heterocycles. The number of benzene rings is 1. The summed E-state index contributed by atoms with van der Waals surface area (Å²) in [5, 5.41) is 7.77. The van der Waals surface area contributed by atoms with Gasteiger partial charge in [-0.2, -0.15) is 5.10 Å². The van der Waals surface area contributed by atoms with Gasteiger partial charge in [-0.05, 0) is 43.7 Å². The van der Waals surface area contributed by atoms with E-state index in [1.807, 2.05) is 23.0 Å². The predicted molar refractivity (Wildman–Crippen MR) is 81.0 cm³/mol. The molecule has 0 fully saturated rings. The van der Waals surface area contributed by atoms with Crippen LogP contribution in [-0.4, -0.2) is 23.4 Å². The summed E-state index contributed by atoms with van der Waals surface area (Å²) < 4.78 is 7.36. The third kappa shape index (κ3) is 3.61. The Labute approximate surface area is 120 Å². The molecule has 2 aromatic rings. The standard InChI is InChI=1S/C16H23N3O/c1-4-8-17-13(2)14-6-7-16(20-3)15(11-14)12-19-10-5-9-18-19/h5-7,9-11,13,17H,4,8,12H2,1-3H3. The van der Waals surface area contributed by atoms with Gasteiger partial charge in [-0.3, -0.25) is 4.68 Å². The molecule has 4 heteroatoms. The second-order valence-corrected chi connectivity index (χ2v) is 4.95. The Morgan fingerprint density at radius 3 is 2.90 bits per heavy atom. The fourth-order valence-corrected chi connectivity index (χ4v) is 2.24. The molecule has 1 unspecified atom stereocenters. The number of nitrogens with zero attached hydrogens (tertiary/aromatic N) is 2. The molecule has 20 heavy (non-hydrogen) atoms. The van der Waals surface area contributed by atoms with Gasteiger partial charge >= 0.3 is 0 Å². The number of ether oxygens (including phenoxy) is 1. The molecule has 1 atom stereocenters. The van der Waals surface area contributed by atoms with Gasteiger partial charge in [-0.15, -0.1) is 0 Å². The molecule has 2 rings (SSSR count). The third-order valence-electron chi connectivity index (χ3n) is 3.40. The Kier molecular flexibility index (Phi) is 5.18. The van der Waals surface area contributed by atoms with E-state index in [2.05, 4.69) is 36.4 Å². The first-order chi connectivity index (χ1) is 9.74. The first-order valence-corrected chi connectivity index (χ1v) is 7.12. The molecule has 1 aromatic carbocycles. The van der Waals surface area contributed by atoms with Gasteiger partial charge in [-0.1, -0.05) is 13.0 Å². The van der Waals surface area contributed by atoms with Crippen LogP contribution in [-0.2, 0) is 6.54 Å². The van der Waals surface area contributed by atoms with E-state index < -0.39 is 0 Å². The first kappa shape index (κ1) is 14.6. The van der Waals surface area contributed by atoms with Gasteiger partial charge in [0.1, 0.15) is 5.75 Å². The molecular formula is C16H23N3O. The van der Waals surface area contributed by atoms with Crippen LogP contribution in [0.4, 0.5) is 0 Å². The third-order valence-corrected chi connectivity index (χ3v) is 3.40. The summed E-state index contributed by atoms with van der Waals surface area (Å²) in [5.74, 6) is 0.909. The van der Waals surface area contributed by atoms with Gasteiger partial charge in [-0.25, -0.2) is 0 Å². The fraction of sp³-hybridized carbons (Fsp3) is 0.438. The highest BCUT2D eigenvalue weighted by Gasteiger charge is 2.09. The van der Waals surface area contributed by atoms with E-state index in [1.54, 1.807) is 13.3 Å². The van der Waals surface area contributed by atoms with E-state index in [1.165, 1.54) is 5.56 Å². The van der Waals surface area contributed by atoms with Crippen LogP contribution in [0.1, 0.15) is 37.4 Å². The quantitative estimate of drug-likeness (QED) is 0.843. The molecule has 0 spiro atoms. The van der Waals surface area contributed by atoms with Gasteiger partial charge in [0.15, 0.2) is 0 Å². The Hall–Kier alpha value is -1.81. The highest BCUT2D eigenvalue weighted by molar-refractivity contribution is 5.38. The van der Waals surface area contributed by atoms with Crippen molar-refractivity contribution in [1.29, 1.82) is 0 Å². The topological polar surface area (TPSA) is 39.1 Å². The molecule has 0 aliphatic carbocycles. The fourth-order valence-electron chi connectivity index (χ4n) is 2.24. The highest BCUT2D eigenvalue weighted by atomic mass is 16.5. The predicted octanol–water partition coefficient (Wildman–Crippen LogP) is 3.00. The average Bonchev–Trinajstić information content (AvgIpc) is 2.97. The molecular weight excluding hydrogens is 250 g/mol. The van der Waals surface area contributed by atoms with E-state index in [9.17, 15) is 0 Å². The highest BCUT2D eigenvalue weighted by Crippen LogP contribution is 2.24. The van der Waals surface area contributed by atoms with Gasteiger partial charge in [0.05, 0.1) is 13.7 Å². The van der Waals surface area contributed by atoms with Crippen LogP contribution in [0.2, 0.25) is 0 Å². The lowest BCUT2D eigenvalue weighted by molar-refractivity contribution is 0.406.